The minimum atomic E-state index is -0.539. The van der Waals surface area contributed by atoms with Crippen LogP contribution in [0.15, 0.2) is 129 Å². The molecule has 7 rings (SSSR count). The quantitative estimate of drug-likeness (QED) is 0.0979. The number of halogens is 2. The van der Waals surface area contributed by atoms with Crippen LogP contribution >= 0.6 is 31.9 Å². The van der Waals surface area contributed by atoms with Gasteiger partial charge in [-0.2, -0.15) is 4.58 Å². The summed E-state index contributed by atoms with van der Waals surface area (Å²) in [4.78, 5) is 41.4. The SMILES string of the molecule is CC1(C)C(/C=C2/C(=O)C(/C=C3\N(Cc4ccc(C(=O)NCCN)cc4)c4ccc(Br)cc4C3(C)C)=C2[O-])=[N+](Cc2ccc(C(=O)NCCN)cc2)c2ccc(Br)cc21. The second-order valence-electron chi connectivity index (χ2n) is 15.8. The number of nitrogens with two attached hydrogens (primary N) is 2. The lowest BCUT2D eigenvalue weighted by Gasteiger charge is -2.33. The number of hydrogen-bond acceptors (Lipinski definition) is 7. The van der Waals surface area contributed by atoms with Crippen LogP contribution in [0.1, 0.15) is 70.7 Å². The van der Waals surface area contributed by atoms with Gasteiger partial charge in [-0.15, -0.1) is 0 Å². The van der Waals surface area contributed by atoms with Gasteiger partial charge in [-0.3, -0.25) is 14.4 Å². The molecule has 0 atom stereocenters. The normalized spacial score (nSPS) is 17.8. The van der Waals surface area contributed by atoms with Crippen LogP contribution < -0.4 is 32.1 Å². The summed E-state index contributed by atoms with van der Waals surface area (Å²) in [5.41, 5.74) is 19.1. The summed E-state index contributed by atoms with van der Waals surface area (Å²) in [7, 11) is 0. The second kappa shape index (κ2) is 16.2. The lowest BCUT2D eigenvalue weighted by atomic mass is 9.77. The smallest absolute Gasteiger partial charge is 0.251 e. The van der Waals surface area contributed by atoms with Crippen molar-refractivity contribution in [2.24, 2.45) is 11.5 Å². The number of rotatable bonds is 12. The van der Waals surface area contributed by atoms with Gasteiger partial charge in [0, 0.05) is 104 Å². The highest BCUT2D eigenvalue weighted by molar-refractivity contribution is 9.10. The zero-order valence-electron chi connectivity index (χ0n) is 32.9. The minimum absolute atomic E-state index is 0.143. The second-order valence-corrected chi connectivity index (χ2v) is 17.6. The van der Waals surface area contributed by atoms with Crippen molar-refractivity contribution in [1.29, 1.82) is 0 Å². The van der Waals surface area contributed by atoms with Crippen LogP contribution in [0.4, 0.5) is 11.4 Å². The van der Waals surface area contributed by atoms with E-state index in [1.807, 2.05) is 48.5 Å². The Kier molecular flexibility index (Phi) is 11.5. The van der Waals surface area contributed by atoms with Crippen molar-refractivity contribution in [2.75, 3.05) is 31.1 Å². The number of nitrogens with one attached hydrogen (secondary N) is 2. The van der Waals surface area contributed by atoms with E-state index < -0.39 is 10.8 Å². The highest BCUT2D eigenvalue weighted by Gasteiger charge is 2.46. The molecule has 2 aliphatic heterocycles. The van der Waals surface area contributed by atoms with Gasteiger partial charge in [0.1, 0.15) is 0 Å². The van der Waals surface area contributed by atoms with E-state index in [1.54, 1.807) is 36.4 Å². The van der Waals surface area contributed by atoms with Crippen molar-refractivity contribution in [3.63, 3.8) is 0 Å². The number of hydrogen-bond donors (Lipinski definition) is 4. The molecule has 0 aromatic heterocycles. The fraction of sp³-hybridized carbons (Fsp3) is 0.261. The molecule has 12 heteroatoms. The molecule has 0 fully saturated rings. The van der Waals surface area contributed by atoms with Crippen LogP contribution in [0.2, 0.25) is 0 Å². The predicted octanol–water partition coefficient (Wildman–Crippen LogP) is 6.17. The molecule has 0 saturated carbocycles. The number of carbonyl (C=O) groups is 3. The fourth-order valence-electron chi connectivity index (χ4n) is 7.99. The first kappa shape index (κ1) is 41.0. The van der Waals surface area contributed by atoms with Gasteiger partial charge in [0.2, 0.25) is 5.69 Å². The van der Waals surface area contributed by atoms with Gasteiger partial charge in [-0.1, -0.05) is 75.7 Å². The molecule has 0 radical (unpaired) electrons. The highest BCUT2D eigenvalue weighted by atomic mass is 79.9. The summed E-state index contributed by atoms with van der Waals surface area (Å²) in [6.45, 7) is 10.8. The number of carbonyl (C=O) groups excluding carboxylic acids is 3. The van der Waals surface area contributed by atoms with Crippen LogP contribution in [0.25, 0.3) is 0 Å². The number of ketones is 1. The molecule has 0 saturated heterocycles. The zero-order chi connectivity index (χ0) is 41.5. The summed E-state index contributed by atoms with van der Waals surface area (Å²) in [6.07, 6.45) is 3.54. The van der Waals surface area contributed by atoms with Crippen LogP contribution in [-0.2, 0) is 28.7 Å². The Bertz CT molecular complexity index is 2460. The Morgan fingerprint density at radius 3 is 1.88 bits per heavy atom. The maximum Gasteiger partial charge on any atom is 0.251 e. The van der Waals surface area contributed by atoms with Crippen LogP contribution in [0.3, 0.4) is 0 Å². The van der Waals surface area contributed by atoms with Gasteiger partial charge in [-0.25, -0.2) is 0 Å². The average molecular weight is 907 g/mol. The molecule has 10 nitrogen and oxygen atoms in total. The third-order valence-electron chi connectivity index (χ3n) is 11.2. The molecule has 58 heavy (non-hydrogen) atoms. The van der Waals surface area contributed by atoms with E-state index in [0.717, 1.165) is 54.0 Å². The Balaban J connectivity index is 1.25. The Labute approximate surface area is 355 Å². The van der Waals surface area contributed by atoms with Gasteiger partial charge in [-0.05, 0) is 85.6 Å². The van der Waals surface area contributed by atoms with Crippen molar-refractivity contribution < 1.29 is 24.1 Å². The van der Waals surface area contributed by atoms with Crippen molar-refractivity contribution in [3.05, 3.63) is 162 Å². The largest absolute Gasteiger partial charge is 0.871 e. The van der Waals surface area contributed by atoms with Crippen molar-refractivity contribution in [2.45, 2.75) is 51.6 Å². The molecule has 0 spiro atoms. The van der Waals surface area contributed by atoms with E-state index in [4.69, 9.17) is 11.5 Å². The third kappa shape index (κ3) is 7.61. The molecule has 1 aliphatic carbocycles. The number of allylic oxidation sites excluding steroid dienone is 5. The summed E-state index contributed by atoms with van der Waals surface area (Å²) in [5, 5.41) is 19.8. The highest BCUT2D eigenvalue weighted by Crippen LogP contribution is 2.50. The van der Waals surface area contributed by atoms with E-state index in [-0.39, 0.29) is 34.5 Å². The molecule has 4 aromatic carbocycles. The standard InChI is InChI=1S/C46H46Br2N6O4/c1-45(2)35-21-31(47)13-15-37(35)53(25-27-5-9-29(10-6-27)43(57)51-19-17-49)39(45)23-33-41(55)34(42(33)56)24-40-46(3,4)36-22-32(48)14-16-38(36)54(40)26-28-7-11-30(12-8-28)44(58)52-20-18-50/h5-16,21-24H,17-20,25-26,49-50H2,1-4H3,(H2-,51,52,55,56,57,58). The van der Waals surface area contributed by atoms with E-state index in [1.165, 1.54) is 0 Å². The lowest BCUT2D eigenvalue weighted by Crippen LogP contribution is -2.35. The van der Waals surface area contributed by atoms with Crippen LogP contribution in [0.5, 0.6) is 0 Å². The number of fused-ring (bicyclic) bond motifs is 2. The Morgan fingerprint density at radius 1 is 0.759 bits per heavy atom. The Hall–Kier alpha value is -5.14. The van der Waals surface area contributed by atoms with Crippen molar-refractivity contribution in [1.82, 2.24) is 10.6 Å². The van der Waals surface area contributed by atoms with Crippen molar-refractivity contribution in [3.8, 4) is 0 Å². The number of amides is 2. The van der Waals surface area contributed by atoms with Crippen molar-refractivity contribution >= 4 is 66.5 Å². The summed E-state index contributed by atoms with van der Waals surface area (Å²) < 4.78 is 4.01. The monoisotopic (exact) mass is 904 g/mol. The lowest BCUT2D eigenvalue weighted by molar-refractivity contribution is -0.455. The fourth-order valence-corrected chi connectivity index (χ4v) is 8.71. The van der Waals surface area contributed by atoms with Gasteiger partial charge in [0.15, 0.2) is 18.0 Å². The van der Waals surface area contributed by atoms with Crippen LogP contribution in [0, 0.1) is 0 Å². The van der Waals surface area contributed by atoms with Gasteiger partial charge in [0.25, 0.3) is 11.8 Å². The molecule has 298 valence electrons. The molecule has 2 heterocycles. The molecular weight excluding hydrogens is 860 g/mol. The summed E-state index contributed by atoms with van der Waals surface area (Å²) >= 11 is 7.28. The zero-order valence-corrected chi connectivity index (χ0v) is 36.1. The first-order valence-electron chi connectivity index (χ1n) is 19.2. The molecule has 3 aliphatic rings. The third-order valence-corrected chi connectivity index (χ3v) is 12.2. The number of nitrogens with zero attached hydrogens (tertiary/aromatic N) is 2. The first-order valence-corrected chi connectivity index (χ1v) is 20.8. The predicted molar refractivity (Wildman–Crippen MR) is 233 cm³/mol. The molecule has 0 unspecified atom stereocenters. The molecule has 0 bridgehead atoms. The number of anilines is 1. The Morgan fingerprint density at radius 2 is 1.31 bits per heavy atom. The van der Waals surface area contributed by atoms with E-state index >= 15 is 0 Å². The van der Waals surface area contributed by atoms with Crippen LogP contribution in [-0.4, -0.2) is 54.1 Å². The summed E-state index contributed by atoms with van der Waals surface area (Å²) in [5.74, 6) is -0.969. The number of benzene rings is 4. The molecule has 4 aromatic rings. The first-order chi connectivity index (χ1) is 27.6. The summed E-state index contributed by atoms with van der Waals surface area (Å²) in [6, 6.07) is 27.1. The topological polar surface area (TPSA) is 157 Å². The molecule has 6 N–H and O–H groups in total. The average Bonchev–Trinajstić information content (AvgIpc) is 3.53. The minimum Gasteiger partial charge on any atom is -0.871 e. The van der Waals surface area contributed by atoms with E-state index in [9.17, 15) is 19.5 Å². The van der Waals surface area contributed by atoms with Gasteiger partial charge >= 0.3 is 0 Å². The van der Waals surface area contributed by atoms with Gasteiger partial charge < -0.3 is 32.1 Å². The number of Topliss-reactive ketones (excluding diaryl/α,β-unsaturated/α-hetero) is 1. The van der Waals surface area contributed by atoms with E-state index in [0.29, 0.717) is 50.4 Å². The maximum atomic E-state index is 14.2. The molecule has 2 amide bonds. The van der Waals surface area contributed by atoms with Gasteiger partial charge in [0.05, 0.1) is 5.41 Å². The van der Waals surface area contributed by atoms with E-state index in [2.05, 4.69) is 91.8 Å². The molecular formula is C46H46Br2N6O4. The maximum absolute atomic E-state index is 14.2.